The number of hydrogen-bond acceptors (Lipinski definition) is 2. The van der Waals surface area contributed by atoms with E-state index in [1.165, 1.54) is 0 Å². The lowest BCUT2D eigenvalue weighted by molar-refractivity contribution is 0.152. The van der Waals surface area contributed by atoms with Crippen LogP contribution in [0.1, 0.15) is 24.2 Å². The van der Waals surface area contributed by atoms with Crippen molar-refractivity contribution in [2.45, 2.75) is 26.0 Å². The molecule has 0 saturated heterocycles. The van der Waals surface area contributed by atoms with Crippen LogP contribution in [0.2, 0.25) is 10.0 Å². The summed E-state index contributed by atoms with van der Waals surface area (Å²) in [5.41, 5.74) is 7.22. The molecule has 0 radical (unpaired) electrons. The number of aliphatic hydroxyl groups is 1. The van der Waals surface area contributed by atoms with Crippen LogP contribution in [-0.4, -0.2) is 11.1 Å². The highest BCUT2D eigenvalue weighted by Crippen LogP contribution is 2.29. The Balaban J connectivity index is 3.15. The van der Waals surface area contributed by atoms with Crippen LogP contribution >= 0.6 is 23.2 Å². The molecule has 0 aromatic heterocycles. The first-order valence-electron chi connectivity index (χ1n) is 4.32. The minimum absolute atomic E-state index is 0.328. The third kappa shape index (κ3) is 2.39. The molecule has 1 aromatic carbocycles. The van der Waals surface area contributed by atoms with Crippen molar-refractivity contribution in [3.8, 4) is 0 Å². The number of aliphatic hydroxyl groups excluding tert-OH is 1. The van der Waals surface area contributed by atoms with Gasteiger partial charge in [-0.1, -0.05) is 23.2 Å². The van der Waals surface area contributed by atoms with Gasteiger partial charge in [0.2, 0.25) is 0 Å². The van der Waals surface area contributed by atoms with E-state index in [1.807, 2.05) is 6.92 Å². The van der Waals surface area contributed by atoms with Crippen molar-refractivity contribution in [3.05, 3.63) is 33.3 Å². The smallest absolute Gasteiger partial charge is 0.0941 e. The molecule has 0 saturated carbocycles. The average molecular weight is 234 g/mol. The van der Waals surface area contributed by atoms with E-state index in [0.29, 0.717) is 10.0 Å². The third-order valence-corrected chi connectivity index (χ3v) is 2.85. The van der Waals surface area contributed by atoms with E-state index in [-0.39, 0.29) is 6.04 Å². The van der Waals surface area contributed by atoms with Gasteiger partial charge >= 0.3 is 0 Å². The summed E-state index contributed by atoms with van der Waals surface area (Å²) >= 11 is 11.7. The maximum atomic E-state index is 9.77. The van der Waals surface area contributed by atoms with E-state index in [1.54, 1.807) is 19.1 Å². The number of benzene rings is 1. The van der Waals surface area contributed by atoms with Gasteiger partial charge in [-0.15, -0.1) is 0 Å². The fourth-order valence-electron chi connectivity index (χ4n) is 1.26. The zero-order valence-electron chi connectivity index (χ0n) is 8.09. The standard InChI is InChI=1S/C10H13Cl2NO/c1-5-3-8(11)9(12)4-7(5)10(14)6(2)13/h3-4,6,10,14H,13H2,1-2H3. The molecule has 14 heavy (non-hydrogen) atoms. The lowest BCUT2D eigenvalue weighted by Gasteiger charge is -2.17. The molecule has 0 bridgehead atoms. The van der Waals surface area contributed by atoms with Gasteiger partial charge in [0.1, 0.15) is 0 Å². The van der Waals surface area contributed by atoms with Gasteiger partial charge in [-0.05, 0) is 37.1 Å². The van der Waals surface area contributed by atoms with E-state index in [0.717, 1.165) is 11.1 Å². The van der Waals surface area contributed by atoms with Crippen molar-refractivity contribution in [2.75, 3.05) is 0 Å². The van der Waals surface area contributed by atoms with Gasteiger partial charge in [-0.25, -0.2) is 0 Å². The van der Waals surface area contributed by atoms with Gasteiger partial charge < -0.3 is 10.8 Å². The summed E-state index contributed by atoms with van der Waals surface area (Å²) in [7, 11) is 0. The first-order chi connectivity index (χ1) is 6.43. The Hall–Kier alpha value is -0.280. The van der Waals surface area contributed by atoms with Crippen LogP contribution < -0.4 is 5.73 Å². The summed E-state index contributed by atoms with van der Waals surface area (Å²) in [6, 6.07) is 3.06. The van der Waals surface area contributed by atoms with Crippen LogP contribution in [0.5, 0.6) is 0 Å². The molecule has 0 aliphatic rings. The van der Waals surface area contributed by atoms with Crippen LogP contribution in [0.3, 0.4) is 0 Å². The number of halogens is 2. The second kappa shape index (κ2) is 4.49. The molecule has 0 aliphatic carbocycles. The maximum absolute atomic E-state index is 9.77. The Morgan fingerprint density at radius 3 is 2.29 bits per heavy atom. The Kier molecular flexibility index (Phi) is 3.78. The molecule has 1 rings (SSSR count). The van der Waals surface area contributed by atoms with Gasteiger partial charge in [0.25, 0.3) is 0 Å². The van der Waals surface area contributed by atoms with Gasteiger partial charge in [0, 0.05) is 6.04 Å². The molecule has 0 aliphatic heterocycles. The van der Waals surface area contributed by atoms with Crippen molar-refractivity contribution in [3.63, 3.8) is 0 Å². The summed E-state index contributed by atoms with van der Waals surface area (Å²) in [6.07, 6.45) is -0.704. The lowest BCUT2D eigenvalue weighted by Crippen LogP contribution is -2.25. The summed E-state index contributed by atoms with van der Waals surface area (Å²) in [4.78, 5) is 0. The highest BCUT2D eigenvalue weighted by Gasteiger charge is 2.16. The molecule has 4 heteroatoms. The van der Waals surface area contributed by atoms with Gasteiger partial charge in [0.05, 0.1) is 16.1 Å². The number of aryl methyl sites for hydroxylation is 1. The van der Waals surface area contributed by atoms with E-state index in [4.69, 9.17) is 28.9 Å². The highest BCUT2D eigenvalue weighted by molar-refractivity contribution is 6.42. The van der Waals surface area contributed by atoms with Gasteiger partial charge in [-0.2, -0.15) is 0 Å². The maximum Gasteiger partial charge on any atom is 0.0941 e. The van der Waals surface area contributed by atoms with Crippen LogP contribution in [0.4, 0.5) is 0 Å². The Morgan fingerprint density at radius 1 is 1.29 bits per heavy atom. The van der Waals surface area contributed by atoms with Crippen molar-refractivity contribution in [1.82, 2.24) is 0 Å². The molecule has 78 valence electrons. The molecule has 2 unspecified atom stereocenters. The molecule has 0 heterocycles. The first kappa shape index (κ1) is 11.8. The molecule has 1 aromatic rings. The summed E-state index contributed by atoms with van der Waals surface area (Å²) < 4.78 is 0. The second-order valence-corrected chi connectivity index (χ2v) is 4.24. The van der Waals surface area contributed by atoms with Crippen LogP contribution in [0.15, 0.2) is 12.1 Å². The average Bonchev–Trinajstić information content (AvgIpc) is 2.10. The van der Waals surface area contributed by atoms with E-state index in [9.17, 15) is 5.11 Å². The summed E-state index contributed by atoms with van der Waals surface area (Å²) in [5.74, 6) is 0. The van der Waals surface area contributed by atoms with Crippen molar-refractivity contribution in [2.24, 2.45) is 5.73 Å². The Labute approximate surface area is 93.6 Å². The fourth-order valence-corrected chi connectivity index (χ4v) is 1.65. The fraction of sp³-hybridized carbons (Fsp3) is 0.400. The quantitative estimate of drug-likeness (QED) is 0.826. The molecule has 3 N–H and O–H groups in total. The normalized spacial score (nSPS) is 15.3. The Bertz CT molecular complexity index is 339. The molecule has 2 nitrogen and oxygen atoms in total. The molecular weight excluding hydrogens is 221 g/mol. The summed E-state index contributed by atoms with van der Waals surface area (Å²) in [6.45, 7) is 3.61. The minimum Gasteiger partial charge on any atom is -0.387 e. The van der Waals surface area contributed by atoms with Crippen LogP contribution in [0.25, 0.3) is 0 Å². The SMILES string of the molecule is Cc1cc(Cl)c(Cl)cc1C(O)C(C)N. The number of hydrogen-bond donors (Lipinski definition) is 2. The second-order valence-electron chi connectivity index (χ2n) is 3.43. The molecular formula is C10H13Cl2NO. The number of nitrogens with two attached hydrogens (primary N) is 1. The van der Waals surface area contributed by atoms with Crippen molar-refractivity contribution in [1.29, 1.82) is 0 Å². The first-order valence-corrected chi connectivity index (χ1v) is 5.08. The lowest BCUT2D eigenvalue weighted by atomic mass is 9.99. The van der Waals surface area contributed by atoms with Crippen LogP contribution in [0, 0.1) is 6.92 Å². The van der Waals surface area contributed by atoms with Gasteiger partial charge in [0.15, 0.2) is 0 Å². The number of rotatable bonds is 2. The minimum atomic E-state index is -0.704. The zero-order valence-corrected chi connectivity index (χ0v) is 9.60. The highest BCUT2D eigenvalue weighted by atomic mass is 35.5. The van der Waals surface area contributed by atoms with Crippen molar-refractivity contribution < 1.29 is 5.11 Å². The topological polar surface area (TPSA) is 46.2 Å². The third-order valence-electron chi connectivity index (χ3n) is 2.13. The molecule has 2 atom stereocenters. The van der Waals surface area contributed by atoms with E-state index in [2.05, 4.69) is 0 Å². The largest absolute Gasteiger partial charge is 0.387 e. The van der Waals surface area contributed by atoms with Crippen LogP contribution in [-0.2, 0) is 0 Å². The van der Waals surface area contributed by atoms with Gasteiger partial charge in [-0.3, -0.25) is 0 Å². The zero-order chi connectivity index (χ0) is 10.9. The molecule has 0 spiro atoms. The summed E-state index contributed by atoms with van der Waals surface area (Å²) in [5, 5.41) is 10.7. The van der Waals surface area contributed by atoms with E-state index >= 15 is 0 Å². The predicted octanol–water partition coefficient (Wildman–Crippen LogP) is 2.68. The molecule has 0 amide bonds. The monoisotopic (exact) mass is 233 g/mol. The predicted molar refractivity (Wildman–Crippen MR) is 59.8 cm³/mol. The Morgan fingerprint density at radius 2 is 1.79 bits per heavy atom. The van der Waals surface area contributed by atoms with E-state index < -0.39 is 6.10 Å². The molecule has 0 fully saturated rings. The van der Waals surface area contributed by atoms with Crippen molar-refractivity contribution >= 4 is 23.2 Å².